The molecule has 4 unspecified atom stereocenters. The normalized spacial score (nSPS) is 29.0. The van der Waals surface area contributed by atoms with Crippen LogP contribution < -0.4 is 0 Å². The van der Waals surface area contributed by atoms with E-state index in [1.165, 1.54) is 12.1 Å². The van der Waals surface area contributed by atoms with E-state index in [0.717, 1.165) is 5.57 Å². The van der Waals surface area contributed by atoms with Gasteiger partial charge in [-0.1, -0.05) is 18.2 Å². The molecule has 1 fully saturated rings. The first-order valence-corrected chi connectivity index (χ1v) is 7.92. The Kier molecular flexibility index (Phi) is 4.69. The molecule has 0 saturated carbocycles. The van der Waals surface area contributed by atoms with Crippen LogP contribution in [0.4, 0.5) is 4.39 Å². The molecule has 0 amide bonds. The summed E-state index contributed by atoms with van der Waals surface area (Å²) in [5, 5.41) is 28.8. The fourth-order valence-electron chi connectivity index (χ4n) is 3.68. The Morgan fingerprint density at radius 2 is 2.04 bits per heavy atom. The molecule has 3 rings (SSSR count). The van der Waals surface area contributed by atoms with E-state index in [2.05, 4.69) is 0 Å². The summed E-state index contributed by atoms with van der Waals surface area (Å²) in [6, 6.07) is 5.46. The van der Waals surface area contributed by atoms with Crippen LogP contribution in [-0.2, 0) is 9.59 Å². The van der Waals surface area contributed by atoms with Gasteiger partial charge < -0.3 is 15.3 Å². The molecule has 1 aromatic carbocycles. The van der Waals surface area contributed by atoms with Crippen LogP contribution in [0.3, 0.4) is 0 Å². The Labute approximate surface area is 143 Å². The van der Waals surface area contributed by atoms with Crippen LogP contribution in [0.15, 0.2) is 42.0 Å². The number of hydrogen-bond acceptors (Lipinski definition) is 4. The van der Waals surface area contributed by atoms with Crippen molar-refractivity contribution in [1.29, 1.82) is 0 Å². The zero-order valence-electron chi connectivity index (χ0n) is 13.3. The zero-order valence-corrected chi connectivity index (χ0v) is 13.3. The Bertz CT molecular complexity index is 772. The maximum atomic E-state index is 13.5. The topological polar surface area (TPSA) is 98.1 Å². The first-order valence-electron chi connectivity index (χ1n) is 7.92. The van der Waals surface area contributed by atoms with Crippen molar-refractivity contribution >= 4 is 17.5 Å². The molecule has 4 atom stereocenters. The van der Waals surface area contributed by atoms with E-state index < -0.39 is 24.1 Å². The zero-order chi connectivity index (χ0) is 18.1. The molecule has 0 aromatic heterocycles. The number of rotatable bonds is 4. The predicted molar refractivity (Wildman–Crippen MR) is 87.2 cm³/mol. The monoisotopic (exact) mass is 347 g/mol. The molecule has 1 aromatic rings. The van der Waals surface area contributed by atoms with Gasteiger partial charge in [0, 0.05) is 31.1 Å². The largest absolute Gasteiger partial charge is 0.478 e. The van der Waals surface area contributed by atoms with Gasteiger partial charge in [-0.25, -0.2) is 14.0 Å². The summed E-state index contributed by atoms with van der Waals surface area (Å²) in [4.78, 5) is 24.2. The molecule has 2 bridgehead atoms. The Morgan fingerprint density at radius 1 is 1.28 bits per heavy atom. The van der Waals surface area contributed by atoms with Gasteiger partial charge in [0.25, 0.3) is 0 Å². The molecule has 132 valence electrons. The highest BCUT2D eigenvalue weighted by Crippen LogP contribution is 2.38. The molecule has 2 aliphatic rings. The molecular weight excluding hydrogens is 329 g/mol. The van der Waals surface area contributed by atoms with Gasteiger partial charge in [0.2, 0.25) is 0 Å². The average molecular weight is 347 g/mol. The number of nitrogens with zero attached hydrogens (tertiary/aromatic N) is 1. The van der Waals surface area contributed by atoms with Crippen LogP contribution in [0, 0.1) is 11.7 Å². The second-order valence-corrected chi connectivity index (χ2v) is 6.29. The van der Waals surface area contributed by atoms with Crippen LogP contribution in [-0.4, -0.2) is 57.4 Å². The summed E-state index contributed by atoms with van der Waals surface area (Å²) < 4.78 is 13.5. The lowest BCUT2D eigenvalue weighted by Crippen LogP contribution is -2.53. The van der Waals surface area contributed by atoms with E-state index >= 15 is 0 Å². The lowest BCUT2D eigenvalue weighted by Gasteiger charge is -2.46. The number of piperidine rings is 1. The summed E-state index contributed by atoms with van der Waals surface area (Å²) in [6.07, 6.45) is 1.81. The second-order valence-electron chi connectivity index (χ2n) is 6.29. The first-order chi connectivity index (χ1) is 11.9. The van der Waals surface area contributed by atoms with E-state index in [1.54, 1.807) is 12.1 Å². The van der Waals surface area contributed by atoms with E-state index in [9.17, 15) is 24.2 Å². The van der Waals surface area contributed by atoms with Gasteiger partial charge in [0.1, 0.15) is 5.82 Å². The molecule has 7 heteroatoms. The van der Waals surface area contributed by atoms with Crippen molar-refractivity contribution in [3.63, 3.8) is 0 Å². The number of carboxylic acid groups (broad SMARTS) is 2. The van der Waals surface area contributed by atoms with Gasteiger partial charge in [-0.05, 0) is 29.7 Å². The number of carboxylic acids is 2. The van der Waals surface area contributed by atoms with E-state index in [4.69, 9.17) is 5.11 Å². The maximum Gasteiger partial charge on any atom is 0.333 e. The highest BCUT2D eigenvalue weighted by atomic mass is 19.1. The molecule has 0 aliphatic carbocycles. The van der Waals surface area contributed by atoms with Gasteiger partial charge in [0.05, 0.1) is 11.7 Å². The Morgan fingerprint density at radius 3 is 2.68 bits per heavy atom. The summed E-state index contributed by atoms with van der Waals surface area (Å²) >= 11 is 0. The van der Waals surface area contributed by atoms with Crippen LogP contribution in [0.1, 0.15) is 12.0 Å². The van der Waals surface area contributed by atoms with Crippen LogP contribution in [0.2, 0.25) is 0 Å². The predicted octanol–water partition coefficient (Wildman–Crippen LogP) is 1.37. The number of aliphatic hydroxyl groups excluding tert-OH is 1. The molecule has 3 N–H and O–H groups in total. The molecule has 0 radical (unpaired) electrons. The standard InChI is InChI=1S/C18H18FNO5/c19-11-3-1-2-10(6-11)12-4-5-20-9-14(12)16(21)8-15(20)13(18(24)25)7-17(22)23/h1-4,6-7,14-16,21H,5,8-9H2,(H,22,23)(H,24,25)/b13-7-. The fourth-order valence-corrected chi connectivity index (χ4v) is 3.68. The third kappa shape index (κ3) is 3.47. The Hall–Kier alpha value is -2.51. The number of halogens is 1. The number of fused-ring (bicyclic) bond motifs is 2. The highest BCUT2D eigenvalue weighted by molar-refractivity contribution is 5.95. The highest BCUT2D eigenvalue weighted by Gasteiger charge is 2.41. The maximum absolute atomic E-state index is 13.5. The van der Waals surface area contributed by atoms with Crippen molar-refractivity contribution in [3.8, 4) is 0 Å². The summed E-state index contributed by atoms with van der Waals surface area (Å²) in [6.45, 7) is 0.794. The second kappa shape index (κ2) is 6.78. The molecular formula is C18H18FNO5. The Balaban J connectivity index is 1.92. The lowest BCUT2D eigenvalue weighted by atomic mass is 9.77. The number of aliphatic hydroxyl groups is 1. The minimum atomic E-state index is -1.33. The van der Waals surface area contributed by atoms with Gasteiger partial charge >= 0.3 is 11.9 Å². The van der Waals surface area contributed by atoms with Crippen molar-refractivity contribution in [2.24, 2.45) is 5.92 Å². The molecule has 0 spiro atoms. The number of hydrogen-bond donors (Lipinski definition) is 3. The average Bonchev–Trinajstić information content (AvgIpc) is 2.56. The first kappa shape index (κ1) is 17.3. The number of aliphatic carboxylic acids is 2. The van der Waals surface area contributed by atoms with Crippen molar-refractivity contribution in [2.45, 2.75) is 18.6 Å². The minimum absolute atomic E-state index is 0.114. The van der Waals surface area contributed by atoms with Crippen molar-refractivity contribution in [3.05, 3.63) is 53.4 Å². The fraction of sp³-hybridized carbons (Fsp3) is 0.333. The summed E-state index contributed by atoms with van der Waals surface area (Å²) in [5.41, 5.74) is 1.29. The third-order valence-electron chi connectivity index (χ3n) is 4.79. The SMILES string of the molecule is O=C(O)/C=C(\C(=O)O)C1CC(O)C2CN1CC=C2c1cccc(F)c1. The number of benzene rings is 1. The van der Waals surface area contributed by atoms with Crippen LogP contribution >= 0.6 is 0 Å². The third-order valence-corrected chi connectivity index (χ3v) is 4.79. The van der Waals surface area contributed by atoms with Gasteiger partial charge in [-0.15, -0.1) is 0 Å². The molecule has 2 aliphatic heterocycles. The van der Waals surface area contributed by atoms with Crippen molar-refractivity contribution in [2.75, 3.05) is 13.1 Å². The smallest absolute Gasteiger partial charge is 0.333 e. The molecule has 1 saturated heterocycles. The van der Waals surface area contributed by atoms with Gasteiger partial charge in [-0.3, -0.25) is 4.90 Å². The van der Waals surface area contributed by atoms with Crippen LogP contribution in [0.5, 0.6) is 0 Å². The van der Waals surface area contributed by atoms with Crippen molar-refractivity contribution < 1.29 is 29.3 Å². The van der Waals surface area contributed by atoms with Gasteiger partial charge in [-0.2, -0.15) is 0 Å². The molecule has 2 heterocycles. The van der Waals surface area contributed by atoms with E-state index in [-0.39, 0.29) is 23.7 Å². The molecule has 25 heavy (non-hydrogen) atoms. The molecule has 6 nitrogen and oxygen atoms in total. The summed E-state index contributed by atoms with van der Waals surface area (Å²) in [5.74, 6) is -3.27. The quantitative estimate of drug-likeness (QED) is 0.712. The van der Waals surface area contributed by atoms with E-state index in [1.807, 2.05) is 11.0 Å². The summed E-state index contributed by atoms with van der Waals surface area (Å²) in [7, 11) is 0. The lowest BCUT2D eigenvalue weighted by molar-refractivity contribution is -0.136. The minimum Gasteiger partial charge on any atom is -0.478 e. The van der Waals surface area contributed by atoms with Crippen LogP contribution in [0.25, 0.3) is 5.57 Å². The van der Waals surface area contributed by atoms with Gasteiger partial charge in [0.15, 0.2) is 0 Å². The van der Waals surface area contributed by atoms with E-state index in [0.29, 0.717) is 24.7 Å². The van der Waals surface area contributed by atoms with Crippen molar-refractivity contribution in [1.82, 2.24) is 4.90 Å². The number of carbonyl (C=O) groups is 2.